The van der Waals surface area contributed by atoms with E-state index in [-0.39, 0.29) is 48.2 Å². The van der Waals surface area contributed by atoms with Crippen molar-refractivity contribution in [1.29, 1.82) is 0 Å². The summed E-state index contributed by atoms with van der Waals surface area (Å²) in [6.45, 7) is 0.264. The van der Waals surface area contributed by atoms with E-state index in [4.69, 9.17) is 0 Å². The summed E-state index contributed by atoms with van der Waals surface area (Å²) in [5.74, 6) is -2.50. The van der Waals surface area contributed by atoms with E-state index in [2.05, 4.69) is 10.6 Å². The van der Waals surface area contributed by atoms with Gasteiger partial charge in [-0.25, -0.2) is 8.42 Å². The Hall–Kier alpha value is -2.79. The molecule has 0 atom stereocenters. The number of carbonyl (C=O) groups is 4. The van der Waals surface area contributed by atoms with Gasteiger partial charge in [-0.15, -0.1) is 0 Å². The van der Waals surface area contributed by atoms with E-state index in [1.807, 2.05) is 0 Å². The predicted molar refractivity (Wildman–Crippen MR) is 94.7 cm³/mol. The highest BCUT2D eigenvalue weighted by Gasteiger charge is 2.35. The van der Waals surface area contributed by atoms with Crippen LogP contribution in [-0.2, 0) is 19.6 Å². The molecule has 1 aliphatic carbocycles. The largest absolute Gasteiger partial charge is 0.345 e. The number of imide groups is 1. The number of fused-ring (bicyclic) bond motifs is 1. The Bertz CT molecular complexity index is 993. The van der Waals surface area contributed by atoms with Gasteiger partial charge in [0, 0.05) is 32.2 Å². The van der Waals surface area contributed by atoms with Crippen molar-refractivity contribution in [3.05, 3.63) is 29.3 Å². The Morgan fingerprint density at radius 1 is 1.00 bits per heavy atom. The number of piperazine rings is 1. The normalized spacial score (nSPS) is 19.9. The molecule has 0 aromatic heterocycles. The Morgan fingerprint density at radius 2 is 1.64 bits per heavy atom. The van der Waals surface area contributed by atoms with E-state index in [0.29, 0.717) is 0 Å². The summed E-state index contributed by atoms with van der Waals surface area (Å²) in [7, 11) is -3.90. The minimum atomic E-state index is -3.90. The quantitative estimate of drug-likeness (QED) is 0.473. The molecule has 2 N–H and O–H groups in total. The molecule has 0 bridgehead atoms. The van der Waals surface area contributed by atoms with E-state index < -0.39 is 33.7 Å². The topological polar surface area (TPSA) is 133 Å². The number of hydrogen-bond donors (Lipinski definition) is 2. The predicted octanol–water partition coefficient (Wildman–Crippen LogP) is -1.32. The first-order chi connectivity index (χ1) is 13.3. The van der Waals surface area contributed by atoms with E-state index in [9.17, 15) is 27.6 Å². The first-order valence-corrected chi connectivity index (χ1v) is 10.3. The summed E-state index contributed by atoms with van der Waals surface area (Å²) >= 11 is 0. The highest BCUT2D eigenvalue weighted by atomic mass is 32.2. The molecule has 28 heavy (non-hydrogen) atoms. The van der Waals surface area contributed by atoms with Gasteiger partial charge in [-0.1, -0.05) is 0 Å². The van der Waals surface area contributed by atoms with Crippen molar-refractivity contribution in [1.82, 2.24) is 19.8 Å². The van der Waals surface area contributed by atoms with Crippen LogP contribution in [0.25, 0.3) is 0 Å². The van der Waals surface area contributed by atoms with Crippen LogP contribution in [0.2, 0.25) is 0 Å². The lowest BCUT2D eigenvalue weighted by molar-refractivity contribution is -0.146. The van der Waals surface area contributed by atoms with Gasteiger partial charge in [0.05, 0.1) is 16.0 Å². The average Bonchev–Trinajstić information content (AvgIpc) is 3.45. The van der Waals surface area contributed by atoms with E-state index in [0.717, 1.165) is 12.8 Å². The van der Waals surface area contributed by atoms with Crippen molar-refractivity contribution in [2.75, 3.05) is 26.2 Å². The second-order valence-corrected chi connectivity index (χ2v) is 8.87. The van der Waals surface area contributed by atoms with Crippen LogP contribution < -0.4 is 10.6 Å². The molecule has 10 nitrogen and oxygen atoms in total. The maximum absolute atomic E-state index is 12.9. The van der Waals surface area contributed by atoms with Gasteiger partial charge >= 0.3 is 11.8 Å². The Balaban J connectivity index is 1.44. The molecule has 148 valence electrons. The van der Waals surface area contributed by atoms with E-state index in [1.54, 1.807) is 0 Å². The van der Waals surface area contributed by atoms with Gasteiger partial charge in [-0.2, -0.15) is 4.31 Å². The highest BCUT2D eigenvalue weighted by Crippen LogP contribution is 2.24. The van der Waals surface area contributed by atoms with Crippen molar-refractivity contribution in [3.8, 4) is 0 Å². The van der Waals surface area contributed by atoms with Gasteiger partial charge in [-0.3, -0.25) is 24.5 Å². The van der Waals surface area contributed by atoms with Crippen molar-refractivity contribution < 1.29 is 27.6 Å². The molecule has 0 radical (unpaired) electrons. The zero-order valence-electron chi connectivity index (χ0n) is 14.8. The molecule has 1 saturated carbocycles. The van der Waals surface area contributed by atoms with Crippen LogP contribution in [-0.4, -0.2) is 73.5 Å². The van der Waals surface area contributed by atoms with Crippen LogP contribution in [0.1, 0.15) is 33.6 Å². The maximum Gasteiger partial charge on any atom is 0.311 e. The molecule has 0 unspecified atom stereocenters. The molecule has 2 aliphatic heterocycles. The van der Waals surface area contributed by atoms with Crippen molar-refractivity contribution in [2.45, 2.75) is 23.8 Å². The van der Waals surface area contributed by atoms with Gasteiger partial charge in [0.1, 0.15) is 0 Å². The van der Waals surface area contributed by atoms with Crippen LogP contribution in [0.5, 0.6) is 0 Å². The van der Waals surface area contributed by atoms with Crippen LogP contribution >= 0.6 is 0 Å². The molecule has 1 aromatic carbocycles. The van der Waals surface area contributed by atoms with Crippen LogP contribution in [0.15, 0.2) is 23.1 Å². The molecular formula is C17H18N4O6S. The zero-order chi connectivity index (χ0) is 20.1. The second kappa shape index (κ2) is 6.67. The highest BCUT2D eigenvalue weighted by molar-refractivity contribution is 7.89. The number of nitrogens with one attached hydrogen (secondary N) is 2. The fourth-order valence-corrected chi connectivity index (χ4v) is 4.66. The van der Waals surface area contributed by atoms with Gasteiger partial charge in [-0.05, 0) is 31.0 Å². The minimum Gasteiger partial charge on any atom is -0.345 e. The van der Waals surface area contributed by atoms with E-state index >= 15 is 0 Å². The Morgan fingerprint density at radius 3 is 2.29 bits per heavy atom. The number of carbonyl (C=O) groups excluding carboxylic acids is 4. The average molecular weight is 406 g/mol. The molecule has 4 rings (SSSR count). The SMILES string of the molecule is O=C(NC1CC1)C(=O)N1CCN(S(=O)(=O)c2ccc3c(c2)C(=O)NC3=O)CC1. The molecule has 1 saturated heterocycles. The molecule has 11 heteroatoms. The monoisotopic (exact) mass is 406 g/mol. The summed E-state index contributed by atoms with van der Waals surface area (Å²) in [5, 5.41) is 4.74. The lowest BCUT2D eigenvalue weighted by Gasteiger charge is -2.33. The number of sulfonamides is 1. The third-order valence-corrected chi connectivity index (χ3v) is 6.87. The summed E-state index contributed by atoms with van der Waals surface area (Å²) in [6.07, 6.45) is 1.74. The van der Waals surface area contributed by atoms with Gasteiger partial charge in [0.25, 0.3) is 11.8 Å². The molecule has 1 aromatic rings. The molecule has 2 heterocycles. The van der Waals surface area contributed by atoms with Crippen molar-refractivity contribution >= 4 is 33.7 Å². The van der Waals surface area contributed by atoms with Crippen molar-refractivity contribution in [3.63, 3.8) is 0 Å². The summed E-state index contributed by atoms with van der Waals surface area (Å²) < 4.78 is 26.9. The molecule has 3 aliphatic rings. The number of benzene rings is 1. The number of rotatable bonds is 3. The molecular weight excluding hydrogens is 388 g/mol. The number of hydrogen-bond acceptors (Lipinski definition) is 6. The maximum atomic E-state index is 12.9. The summed E-state index contributed by atoms with van der Waals surface area (Å²) in [6, 6.07) is 3.85. The molecule has 2 fully saturated rings. The van der Waals surface area contributed by atoms with Gasteiger partial charge < -0.3 is 10.2 Å². The third-order valence-electron chi connectivity index (χ3n) is 4.98. The van der Waals surface area contributed by atoms with Crippen LogP contribution in [0, 0.1) is 0 Å². The zero-order valence-corrected chi connectivity index (χ0v) is 15.6. The lowest BCUT2D eigenvalue weighted by atomic mass is 10.1. The van der Waals surface area contributed by atoms with Crippen LogP contribution in [0.3, 0.4) is 0 Å². The van der Waals surface area contributed by atoms with E-state index in [1.165, 1.54) is 27.4 Å². The number of nitrogens with zero attached hydrogens (tertiary/aromatic N) is 2. The Kier molecular flexibility index (Phi) is 4.42. The standard InChI is InChI=1S/C17H18N4O6S/c22-14-12-4-3-11(9-13(12)15(23)19-14)28(26,27)21-7-5-20(6-8-21)17(25)16(24)18-10-1-2-10/h3-4,9-10H,1-2,5-8H2,(H,18,24)(H,19,22,23). The van der Waals surface area contributed by atoms with Crippen molar-refractivity contribution in [2.24, 2.45) is 0 Å². The first-order valence-electron chi connectivity index (χ1n) is 8.87. The summed E-state index contributed by atoms with van der Waals surface area (Å²) in [4.78, 5) is 48.6. The van der Waals surface area contributed by atoms with Gasteiger partial charge in [0.2, 0.25) is 10.0 Å². The Labute approximate surface area is 160 Å². The smallest absolute Gasteiger partial charge is 0.311 e. The summed E-state index contributed by atoms with van der Waals surface area (Å²) in [5.41, 5.74) is 0.165. The molecule has 4 amide bonds. The number of amides is 4. The van der Waals surface area contributed by atoms with Crippen LogP contribution in [0.4, 0.5) is 0 Å². The molecule has 0 spiro atoms. The lowest BCUT2D eigenvalue weighted by Crippen LogP contribution is -2.53. The first kappa shape index (κ1) is 18.6. The third kappa shape index (κ3) is 3.27. The minimum absolute atomic E-state index is 0.0247. The fourth-order valence-electron chi connectivity index (χ4n) is 3.21. The fraction of sp³-hybridized carbons (Fsp3) is 0.412. The second-order valence-electron chi connectivity index (χ2n) is 6.93. The van der Waals surface area contributed by atoms with Gasteiger partial charge in [0.15, 0.2) is 0 Å².